The molecule has 0 aliphatic rings. The normalized spacial score (nSPS) is 6.12. The molecule has 2 nitrogen and oxygen atoms in total. The Morgan fingerprint density at radius 1 is 0.824 bits per heavy atom. The SMILES string of the molecule is [C-]#[O+].[C-]#[O+].[CH2-]c1ccccc1.[Fe+6].c1cc[cH-]c1. The van der Waals surface area contributed by atoms with Gasteiger partial charge in [0.05, 0.1) is 0 Å². The predicted molar refractivity (Wildman–Crippen MR) is 60.8 cm³/mol. The third-order valence-corrected chi connectivity index (χ3v) is 1.40. The van der Waals surface area contributed by atoms with E-state index in [1.54, 1.807) is 0 Å². The molecule has 0 spiro atoms. The van der Waals surface area contributed by atoms with Crippen LogP contribution in [0.5, 0.6) is 0 Å². The van der Waals surface area contributed by atoms with Crippen LogP contribution in [-0.2, 0) is 26.4 Å². The van der Waals surface area contributed by atoms with E-state index in [1.165, 1.54) is 0 Å². The quantitative estimate of drug-likeness (QED) is 0.400. The third kappa shape index (κ3) is 17.1. The molecule has 0 aliphatic carbocycles. The molecule has 0 unspecified atom stereocenters. The third-order valence-electron chi connectivity index (χ3n) is 1.40. The van der Waals surface area contributed by atoms with Crippen LogP contribution in [0.15, 0.2) is 60.7 Å². The van der Waals surface area contributed by atoms with Crippen molar-refractivity contribution in [2.75, 3.05) is 0 Å². The largest absolute Gasteiger partial charge is 6.00 e. The molecule has 0 aliphatic heterocycles. The maximum atomic E-state index is 7.50. The Morgan fingerprint density at radius 3 is 1.41 bits per heavy atom. The summed E-state index contributed by atoms with van der Waals surface area (Å²) in [6, 6.07) is 19.9. The average Bonchev–Trinajstić information content (AvgIpc) is 2.94. The van der Waals surface area contributed by atoms with Crippen molar-refractivity contribution in [1.29, 1.82) is 0 Å². The smallest absolute Gasteiger partial charge is 0.214 e. The summed E-state index contributed by atoms with van der Waals surface area (Å²) in [4.78, 5) is 0. The van der Waals surface area contributed by atoms with Crippen molar-refractivity contribution in [1.82, 2.24) is 0 Å². The second-order valence-electron chi connectivity index (χ2n) is 2.45. The van der Waals surface area contributed by atoms with Gasteiger partial charge in [-0.25, -0.2) is 12.1 Å². The summed E-state index contributed by atoms with van der Waals surface area (Å²) in [5.41, 5.74) is 1.07. The summed E-state index contributed by atoms with van der Waals surface area (Å²) in [5.74, 6) is 0. The van der Waals surface area contributed by atoms with Gasteiger partial charge in [-0.2, -0.15) is 42.8 Å². The molecule has 0 atom stereocenters. The fourth-order valence-corrected chi connectivity index (χ4v) is 0.799. The van der Waals surface area contributed by atoms with E-state index >= 15 is 0 Å². The van der Waals surface area contributed by atoms with Gasteiger partial charge in [0.15, 0.2) is 0 Å². The van der Waals surface area contributed by atoms with Gasteiger partial charge in [0, 0.05) is 0 Å². The summed E-state index contributed by atoms with van der Waals surface area (Å²) in [5, 5.41) is 0. The number of rotatable bonds is 0. The Hall–Kier alpha value is -1.56. The molecule has 0 aromatic heterocycles. The molecule has 84 valence electrons. The van der Waals surface area contributed by atoms with Crippen LogP contribution in [0.4, 0.5) is 0 Å². The molecule has 0 radical (unpaired) electrons. The molecule has 2 rings (SSSR count). The number of hydrogen-bond acceptors (Lipinski definition) is 0. The standard InChI is InChI=1S/C7H7.C5H5.2CO.Fe/c1-7-5-3-2-4-6-7;1-2-4-5-3-1;2*1-2;/h2-6H,1H2;1-5H;;;/q2*-1;;;+6. The van der Waals surface area contributed by atoms with Gasteiger partial charge >= 0.3 is 39.7 Å². The second kappa shape index (κ2) is 19.9. The molecule has 17 heavy (non-hydrogen) atoms. The zero-order valence-electron chi connectivity index (χ0n) is 9.15. The van der Waals surface area contributed by atoms with E-state index < -0.39 is 0 Å². The van der Waals surface area contributed by atoms with E-state index in [1.807, 2.05) is 60.7 Å². The van der Waals surface area contributed by atoms with Gasteiger partial charge < -0.3 is 0 Å². The van der Waals surface area contributed by atoms with Gasteiger partial charge in [-0.1, -0.05) is 6.07 Å². The Morgan fingerprint density at radius 2 is 1.24 bits per heavy atom. The van der Waals surface area contributed by atoms with Gasteiger partial charge in [-0.3, -0.25) is 0 Å². The summed E-state index contributed by atoms with van der Waals surface area (Å²) < 4.78 is 15.0. The van der Waals surface area contributed by atoms with Crippen LogP contribution in [0.2, 0.25) is 0 Å². The zero-order chi connectivity index (χ0) is 12.6. The molecule has 0 saturated carbocycles. The molecule has 0 saturated heterocycles. The van der Waals surface area contributed by atoms with Crippen LogP contribution >= 0.6 is 0 Å². The van der Waals surface area contributed by atoms with Crippen molar-refractivity contribution in [2.45, 2.75) is 0 Å². The molecule has 0 fully saturated rings. The van der Waals surface area contributed by atoms with E-state index in [4.69, 9.17) is 9.30 Å². The van der Waals surface area contributed by atoms with Crippen LogP contribution in [-0.4, -0.2) is 0 Å². The summed E-state index contributed by atoms with van der Waals surface area (Å²) in [6.45, 7) is 12.7. The molecule has 0 heterocycles. The maximum Gasteiger partial charge on any atom is 6.00 e. The summed E-state index contributed by atoms with van der Waals surface area (Å²) in [7, 11) is 0. The molecule has 2 aromatic rings. The van der Waals surface area contributed by atoms with E-state index in [9.17, 15) is 0 Å². The fourth-order valence-electron chi connectivity index (χ4n) is 0.799. The molecule has 3 heteroatoms. The van der Waals surface area contributed by atoms with E-state index in [2.05, 4.69) is 20.2 Å². The number of benzene rings is 1. The summed E-state index contributed by atoms with van der Waals surface area (Å²) >= 11 is 0. The minimum absolute atomic E-state index is 0. The Balaban J connectivity index is -0.000000175. The molecular weight excluding hydrogens is 256 g/mol. The molecule has 2 aromatic carbocycles. The minimum Gasteiger partial charge on any atom is -0.214 e. The van der Waals surface area contributed by atoms with Crippen LogP contribution < -0.4 is 0 Å². The molecule has 0 N–H and O–H groups in total. The first-order valence-corrected chi connectivity index (χ1v) is 4.34. The van der Waals surface area contributed by atoms with Gasteiger partial charge in [0.25, 0.3) is 0 Å². The monoisotopic (exact) mass is 268 g/mol. The zero-order valence-corrected chi connectivity index (χ0v) is 10.3. The molecule has 0 amide bonds. The van der Waals surface area contributed by atoms with E-state index in [-0.39, 0.29) is 17.1 Å². The van der Waals surface area contributed by atoms with Crippen molar-refractivity contribution in [3.63, 3.8) is 0 Å². The summed E-state index contributed by atoms with van der Waals surface area (Å²) in [6.07, 6.45) is 0. The fraction of sp³-hybridized carbons (Fsp3) is 0. The average molecular weight is 268 g/mol. The van der Waals surface area contributed by atoms with Crippen molar-refractivity contribution in [2.24, 2.45) is 0 Å². The van der Waals surface area contributed by atoms with Crippen molar-refractivity contribution < 1.29 is 26.4 Å². The Labute approximate surface area is 113 Å². The van der Waals surface area contributed by atoms with Crippen molar-refractivity contribution in [3.8, 4) is 0 Å². The van der Waals surface area contributed by atoms with E-state index in [0.717, 1.165) is 5.56 Å². The second-order valence-corrected chi connectivity index (χ2v) is 2.45. The first kappa shape index (κ1) is 20.8. The Bertz CT molecular complexity index is 326. The van der Waals surface area contributed by atoms with Crippen LogP contribution in [0.1, 0.15) is 5.56 Å². The van der Waals surface area contributed by atoms with Crippen molar-refractivity contribution >= 4 is 0 Å². The molecule has 0 bridgehead atoms. The van der Waals surface area contributed by atoms with Crippen LogP contribution in [0.3, 0.4) is 0 Å². The van der Waals surface area contributed by atoms with Gasteiger partial charge in [-0.05, 0) is 0 Å². The van der Waals surface area contributed by atoms with Crippen LogP contribution in [0.25, 0.3) is 0 Å². The molecular formula is C14H12FeO2+4. The first-order chi connectivity index (χ1) is 7.89. The first-order valence-electron chi connectivity index (χ1n) is 4.34. The Kier molecular flexibility index (Phi) is 24.4. The van der Waals surface area contributed by atoms with Gasteiger partial charge in [-0.15, -0.1) is 12.1 Å². The predicted octanol–water partition coefficient (Wildman–Crippen LogP) is 3.20. The topological polar surface area (TPSA) is 39.8 Å². The number of hydrogen-bond donors (Lipinski definition) is 0. The van der Waals surface area contributed by atoms with Crippen LogP contribution in [0, 0.1) is 20.2 Å². The van der Waals surface area contributed by atoms with Crippen molar-refractivity contribution in [3.05, 3.63) is 86.5 Å². The van der Waals surface area contributed by atoms with Gasteiger partial charge in [0.1, 0.15) is 0 Å². The minimum atomic E-state index is 0. The van der Waals surface area contributed by atoms with Gasteiger partial charge in [0.2, 0.25) is 0 Å². The van der Waals surface area contributed by atoms with E-state index in [0.29, 0.717) is 0 Å². The maximum absolute atomic E-state index is 7.50.